The predicted molar refractivity (Wildman–Crippen MR) is 155 cm³/mol. The second-order valence-corrected chi connectivity index (χ2v) is 9.42. The minimum Gasteiger partial charge on any atom is -0.489 e. The number of fused-ring (bicyclic) bond motifs is 1. The molecule has 194 valence electrons. The van der Waals surface area contributed by atoms with Crippen LogP contribution in [0.2, 0.25) is 10.0 Å². The molecule has 0 aliphatic rings. The zero-order chi connectivity index (χ0) is 27.4. The summed E-state index contributed by atoms with van der Waals surface area (Å²) >= 11 is 12.1. The number of hydrogen-bond donors (Lipinski definition) is 0. The van der Waals surface area contributed by atoms with Crippen LogP contribution in [0.15, 0.2) is 95.8 Å². The fraction of sp³-hybridized carbons (Fsp3) is 0.0645. The third-order valence-electron chi connectivity index (χ3n) is 6.04. The lowest BCUT2D eigenvalue weighted by Crippen LogP contribution is -2.22. The van der Waals surface area contributed by atoms with Crippen LogP contribution in [-0.2, 0) is 11.3 Å². The zero-order valence-corrected chi connectivity index (χ0v) is 22.3. The maximum absolute atomic E-state index is 13.5. The number of hydrogen-bond acceptors (Lipinski definition) is 5. The number of aromatic nitrogens is 2. The van der Waals surface area contributed by atoms with Gasteiger partial charge in [0.15, 0.2) is 0 Å². The minimum atomic E-state index is -0.449. The van der Waals surface area contributed by atoms with Crippen molar-refractivity contribution in [2.75, 3.05) is 7.11 Å². The normalized spacial score (nSPS) is 11.2. The van der Waals surface area contributed by atoms with Crippen molar-refractivity contribution in [2.24, 2.45) is 0 Å². The summed E-state index contributed by atoms with van der Waals surface area (Å²) in [5, 5.41) is 1.48. The summed E-state index contributed by atoms with van der Waals surface area (Å²) in [6.07, 6.45) is 3.66. The second-order valence-electron chi connectivity index (χ2n) is 8.61. The van der Waals surface area contributed by atoms with Gasteiger partial charge in [0.2, 0.25) is 0 Å². The van der Waals surface area contributed by atoms with E-state index in [0.717, 1.165) is 11.1 Å². The molecule has 1 aromatic heterocycles. The van der Waals surface area contributed by atoms with Crippen molar-refractivity contribution in [3.63, 3.8) is 0 Å². The highest BCUT2D eigenvalue weighted by molar-refractivity contribution is 6.42. The van der Waals surface area contributed by atoms with E-state index in [-0.39, 0.29) is 5.56 Å². The molecule has 6 nitrogen and oxygen atoms in total. The number of nitrogens with zero attached hydrogens (tertiary/aromatic N) is 2. The fourth-order valence-electron chi connectivity index (χ4n) is 4.02. The van der Waals surface area contributed by atoms with Gasteiger partial charge in [0.1, 0.15) is 18.2 Å². The molecule has 0 spiro atoms. The van der Waals surface area contributed by atoms with Crippen LogP contribution in [0.4, 0.5) is 0 Å². The Morgan fingerprint density at radius 1 is 0.897 bits per heavy atom. The van der Waals surface area contributed by atoms with Crippen molar-refractivity contribution in [3.05, 3.63) is 134 Å². The standard InChI is InChI=1S/C31H22Cl2N2O4/c1-38-31(37)22-10-12-23(13-11-22)35-29(34-28-5-3-2-4-25(28)30(35)36)17-9-20-6-14-24(15-7-20)39-19-21-8-16-26(32)27(33)18-21/h2-18H,19H2,1H3/b17-9+. The first-order chi connectivity index (χ1) is 18.9. The smallest absolute Gasteiger partial charge is 0.337 e. The van der Waals surface area contributed by atoms with Crippen LogP contribution in [0.1, 0.15) is 27.3 Å². The van der Waals surface area contributed by atoms with E-state index < -0.39 is 5.97 Å². The molecule has 0 fully saturated rings. The fourth-order valence-corrected chi connectivity index (χ4v) is 4.34. The van der Waals surface area contributed by atoms with Gasteiger partial charge in [-0.2, -0.15) is 0 Å². The van der Waals surface area contributed by atoms with Crippen molar-refractivity contribution in [2.45, 2.75) is 6.61 Å². The molecule has 0 saturated carbocycles. The summed E-state index contributed by atoms with van der Waals surface area (Å²) in [6, 6.07) is 26.8. The molecule has 39 heavy (non-hydrogen) atoms. The van der Waals surface area contributed by atoms with Crippen LogP contribution in [0, 0.1) is 0 Å². The lowest BCUT2D eigenvalue weighted by molar-refractivity contribution is 0.0600. The van der Waals surface area contributed by atoms with E-state index >= 15 is 0 Å². The number of carbonyl (C=O) groups is 1. The van der Waals surface area contributed by atoms with E-state index in [0.29, 0.717) is 50.4 Å². The Balaban J connectivity index is 1.42. The Morgan fingerprint density at radius 2 is 1.64 bits per heavy atom. The third-order valence-corrected chi connectivity index (χ3v) is 6.78. The SMILES string of the molecule is COC(=O)c1ccc(-n2c(/C=C/c3ccc(OCc4ccc(Cl)c(Cl)c4)cc3)nc3ccccc3c2=O)cc1. The summed E-state index contributed by atoms with van der Waals surface area (Å²) < 4.78 is 12.2. The van der Waals surface area contributed by atoms with E-state index in [1.807, 2.05) is 42.5 Å². The first kappa shape index (κ1) is 26.2. The lowest BCUT2D eigenvalue weighted by atomic mass is 10.1. The minimum absolute atomic E-state index is 0.211. The number of methoxy groups -OCH3 is 1. The van der Waals surface area contributed by atoms with Gasteiger partial charge >= 0.3 is 5.97 Å². The third kappa shape index (κ3) is 5.87. The average Bonchev–Trinajstić information content (AvgIpc) is 2.97. The molecule has 5 rings (SSSR count). The Kier molecular flexibility index (Phi) is 7.77. The number of rotatable bonds is 7. The average molecular weight is 557 g/mol. The van der Waals surface area contributed by atoms with Crippen molar-refractivity contribution < 1.29 is 14.3 Å². The van der Waals surface area contributed by atoms with Gasteiger partial charge in [-0.1, -0.05) is 59.6 Å². The van der Waals surface area contributed by atoms with Gasteiger partial charge in [-0.05, 0) is 77.9 Å². The van der Waals surface area contributed by atoms with Crippen LogP contribution in [0.3, 0.4) is 0 Å². The van der Waals surface area contributed by atoms with E-state index in [9.17, 15) is 9.59 Å². The maximum Gasteiger partial charge on any atom is 0.337 e. The van der Waals surface area contributed by atoms with Crippen molar-refractivity contribution in [1.29, 1.82) is 0 Å². The summed E-state index contributed by atoms with van der Waals surface area (Å²) in [6.45, 7) is 0.355. The molecule has 0 N–H and O–H groups in total. The van der Waals surface area contributed by atoms with Gasteiger partial charge in [0.25, 0.3) is 5.56 Å². The lowest BCUT2D eigenvalue weighted by Gasteiger charge is -2.12. The summed E-state index contributed by atoms with van der Waals surface area (Å²) in [5.74, 6) is 0.698. The Bertz CT molecular complexity index is 1740. The highest BCUT2D eigenvalue weighted by atomic mass is 35.5. The number of esters is 1. The number of carbonyl (C=O) groups excluding carboxylic acids is 1. The van der Waals surface area contributed by atoms with Gasteiger partial charge in [-0.25, -0.2) is 9.78 Å². The van der Waals surface area contributed by atoms with E-state index in [1.165, 1.54) is 11.7 Å². The zero-order valence-electron chi connectivity index (χ0n) is 20.8. The number of benzene rings is 4. The largest absolute Gasteiger partial charge is 0.489 e. The highest BCUT2D eigenvalue weighted by Gasteiger charge is 2.12. The quantitative estimate of drug-likeness (QED) is 0.198. The predicted octanol–water partition coefficient (Wildman–Crippen LogP) is 7.23. The van der Waals surface area contributed by atoms with Gasteiger partial charge in [-0.3, -0.25) is 9.36 Å². The topological polar surface area (TPSA) is 70.4 Å². The Labute approximate surface area is 234 Å². The summed E-state index contributed by atoms with van der Waals surface area (Å²) in [7, 11) is 1.32. The summed E-state index contributed by atoms with van der Waals surface area (Å²) in [5.41, 5.74) is 3.16. The van der Waals surface area contributed by atoms with Gasteiger partial charge in [0.05, 0.1) is 39.3 Å². The summed E-state index contributed by atoms with van der Waals surface area (Å²) in [4.78, 5) is 30.1. The Morgan fingerprint density at radius 3 is 2.36 bits per heavy atom. The van der Waals surface area contributed by atoms with Crippen LogP contribution in [0.5, 0.6) is 5.75 Å². The monoisotopic (exact) mass is 556 g/mol. The van der Waals surface area contributed by atoms with Gasteiger partial charge < -0.3 is 9.47 Å². The first-order valence-electron chi connectivity index (χ1n) is 12.0. The molecule has 0 radical (unpaired) electrons. The maximum atomic E-state index is 13.5. The molecular weight excluding hydrogens is 535 g/mol. The van der Waals surface area contributed by atoms with Crippen molar-refractivity contribution >= 4 is 52.2 Å². The van der Waals surface area contributed by atoms with Gasteiger partial charge in [-0.15, -0.1) is 0 Å². The number of ether oxygens (including phenoxy) is 2. The number of para-hydroxylation sites is 1. The molecule has 4 aromatic carbocycles. The molecule has 1 heterocycles. The molecule has 0 atom stereocenters. The molecule has 0 aliphatic carbocycles. The van der Waals surface area contributed by atoms with E-state index in [1.54, 1.807) is 60.7 Å². The molecular formula is C31H22Cl2N2O4. The Hall–Kier alpha value is -4.39. The van der Waals surface area contributed by atoms with Crippen LogP contribution in [0.25, 0.3) is 28.7 Å². The molecule has 8 heteroatoms. The molecule has 0 saturated heterocycles. The molecule has 5 aromatic rings. The first-order valence-corrected chi connectivity index (χ1v) is 12.7. The second kappa shape index (κ2) is 11.6. The van der Waals surface area contributed by atoms with E-state index in [4.69, 9.17) is 37.7 Å². The molecule has 0 aliphatic heterocycles. The molecule has 0 bridgehead atoms. The van der Waals surface area contributed by atoms with Crippen LogP contribution in [-0.4, -0.2) is 22.6 Å². The van der Waals surface area contributed by atoms with Crippen LogP contribution < -0.4 is 10.3 Å². The van der Waals surface area contributed by atoms with Gasteiger partial charge in [0, 0.05) is 0 Å². The molecule has 0 unspecified atom stereocenters. The molecule has 0 amide bonds. The van der Waals surface area contributed by atoms with Crippen molar-refractivity contribution in [1.82, 2.24) is 9.55 Å². The van der Waals surface area contributed by atoms with Crippen molar-refractivity contribution in [3.8, 4) is 11.4 Å². The van der Waals surface area contributed by atoms with Crippen LogP contribution >= 0.6 is 23.2 Å². The van der Waals surface area contributed by atoms with E-state index in [2.05, 4.69) is 0 Å². The number of halogens is 2. The highest BCUT2D eigenvalue weighted by Crippen LogP contribution is 2.24.